The molecule has 3 N–H and O–H groups in total. The Hall–Kier alpha value is -1.52. The molecule has 0 saturated heterocycles. The standard InChI is InChI=1S/C13H12Br2N2O3/c1-3-8(4-2)16-13(20)17-11-9(12(18)19)5-7(14)6-10(11)15/h1,5-6,8H,4H2,2H3,(H,18,19)(H2,16,17,20). The lowest BCUT2D eigenvalue weighted by molar-refractivity contribution is 0.0698. The molecule has 106 valence electrons. The summed E-state index contributed by atoms with van der Waals surface area (Å²) in [6.07, 6.45) is 5.83. The van der Waals surface area contributed by atoms with Crippen LogP contribution in [-0.2, 0) is 0 Å². The van der Waals surface area contributed by atoms with E-state index >= 15 is 0 Å². The summed E-state index contributed by atoms with van der Waals surface area (Å²) < 4.78 is 1.04. The van der Waals surface area contributed by atoms with Gasteiger partial charge in [-0.25, -0.2) is 9.59 Å². The lowest BCUT2D eigenvalue weighted by Gasteiger charge is -2.14. The molecule has 1 aromatic carbocycles. The number of aromatic carboxylic acids is 1. The first-order chi connectivity index (χ1) is 9.38. The Morgan fingerprint density at radius 2 is 2.10 bits per heavy atom. The van der Waals surface area contributed by atoms with E-state index in [4.69, 9.17) is 11.5 Å². The van der Waals surface area contributed by atoms with Gasteiger partial charge in [0, 0.05) is 8.95 Å². The van der Waals surface area contributed by atoms with Crippen molar-refractivity contribution in [3.63, 3.8) is 0 Å². The van der Waals surface area contributed by atoms with Crippen molar-refractivity contribution in [3.05, 3.63) is 26.6 Å². The number of rotatable bonds is 4. The maximum absolute atomic E-state index is 11.8. The summed E-state index contributed by atoms with van der Waals surface area (Å²) in [7, 11) is 0. The second-order valence-electron chi connectivity index (χ2n) is 3.84. The van der Waals surface area contributed by atoms with Crippen molar-refractivity contribution in [3.8, 4) is 12.3 Å². The maximum atomic E-state index is 11.8. The molecule has 0 aliphatic heterocycles. The quantitative estimate of drug-likeness (QED) is 0.673. The SMILES string of the molecule is C#CC(CC)NC(=O)Nc1c(Br)cc(Br)cc1C(=O)O. The van der Waals surface area contributed by atoms with E-state index in [0.717, 1.165) is 0 Å². The Bertz CT molecular complexity index is 582. The molecule has 20 heavy (non-hydrogen) atoms. The minimum atomic E-state index is -1.15. The number of benzene rings is 1. The van der Waals surface area contributed by atoms with E-state index in [-0.39, 0.29) is 11.3 Å². The number of halogens is 2. The van der Waals surface area contributed by atoms with Gasteiger partial charge in [0.1, 0.15) is 0 Å². The van der Waals surface area contributed by atoms with Gasteiger partial charge in [-0.3, -0.25) is 0 Å². The Morgan fingerprint density at radius 3 is 2.60 bits per heavy atom. The first-order valence-corrected chi connectivity index (χ1v) is 7.23. The third-order valence-corrected chi connectivity index (χ3v) is 3.52. The molecule has 0 aliphatic carbocycles. The zero-order valence-electron chi connectivity index (χ0n) is 10.5. The molecule has 0 heterocycles. The van der Waals surface area contributed by atoms with Gasteiger partial charge in [0.25, 0.3) is 0 Å². The molecule has 1 aromatic rings. The number of hydrogen-bond acceptors (Lipinski definition) is 2. The van der Waals surface area contributed by atoms with E-state index in [2.05, 4.69) is 48.4 Å². The van der Waals surface area contributed by atoms with Crippen molar-refractivity contribution in [1.82, 2.24) is 5.32 Å². The molecule has 1 atom stereocenters. The number of carbonyl (C=O) groups excluding carboxylic acids is 1. The summed E-state index contributed by atoms with van der Waals surface area (Å²) in [6, 6.07) is 2.08. The summed E-state index contributed by atoms with van der Waals surface area (Å²) in [4.78, 5) is 23.0. The van der Waals surface area contributed by atoms with Crippen LogP contribution in [0.2, 0.25) is 0 Å². The minimum absolute atomic E-state index is 0.0323. The van der Waals surface area contributed by atoms with E-state index in [1.807, 2.05) is 6.92 Å². The predicted molar refractivity (Wildman–Crippen MR) is 83.9 cm³/mol. The normalized spacial score (nSPS) is 11.3. The predicted octanol–water partition coefficient (Wildman–Crippen LogP) is 3.44. The maximum Gasteiger partial charge on any atom is 0.337 e. The molecule has 0 aliphatic rings. The van der Waals surface area contributed by atoms with Gasteiger partial charge in [0.05, 0.1) is 17.3 Å². The van der Waals surface area contributed by atoms with Crippen molar-refractivity contribution in [1.29, 1.82) is 0 Å². The van der Waals surface area contributed by atoms with Gasteiger partial charge in [-0.05, 0) is 34.5 Å². The van der Waals surface area contributed by atoms with Crippen LogP contribution < -0.4 is 10.6 Å². The minimum Gasteiger partial charge on any atom is -0.478 e. The molecule has 0 bridgehead atoms. The first-order valence-electron chi connectivity index (χ1n) is 5.65. The number of hydrogen-bond donors (Lipinski definition) is 3. The molecule has 1 rings (SSSR count). The Labute approximate surface area is 133 Å². The second kappa shape index (κ2) is 7.31. The fraction of sp³-hybridized carbons (Fsp3) is 0.231. The fourth-order valence-electron chi connectivity index (χ4n) is 1.44. The fourth-order valence-corrected chi connectivity index (χ4v) is 2.76. The highest BCUT2D eigenvalue weighted by atomic mass is 79.9. The highest BCUT2D eigenvalue weighted by Crippen LogP contribution is 2.30. The Balaban J connectivity index is 3.01. The highest BCUT2D eigenvalue weighted by molar-refractivity contribution is 9.11. The van der Waals surface area contributed by atoms with Gasteiger partial charge in [-0.15, -0.1) is 6.42 Å². The van der Waals surface area contributed by atoms with Crippen LogP contribution in [0.25, 0.3) is 0 Å². The molecule has 0 saturated carbocycles. The molecule has 7 heteroatoms. The molecule has 2 amide bonds. The number of anilines is 1. The molecule has 1 unspecified atom stereocenters. The molecule has 5 nitrogen and oxygen atoms in total. The van der Waals surface area contributed by atoms with Gasteiger partial charge in [-0.2, -0.15) is 0 Å². The second-order valence-corrected chi connectivity index (χ2v) is 5.61. The van der Waals surface area contributed by atoms with Crippen molar-refractivity contribution in [2.75, 3.05) is 5.32 Å². The lowest BCUT2D eigenvalue weighted by atomic mass is 10.2. The number of carboxylic acids is 1. The number of carboxylic acid groups (broad SMARTS) is 1. The van der Waals surface area contributed by atoms with Gasteiger partial charge in [0.2, 0.25) is 0 Å². The Kier molecular flexibility index (Phi) is 6.05. The van der Waals surface area contributed by atoms with Crippen LogP contribution >= 0.6 is 31.9 Å². The van der Waals surface area contributed by atoms with Crippen molar-refractivity contribution in [2.24, 2.45) is 0 Å². The summed E-state index contributed by atoms with van der Waals surface area (Å²) in [5, 5.41) is 14.2. The van der Waals surface area contributed by atoms with E-state index in [9.17, 15) is 9.59 Å². The summed E-state index contributed by atoms with van der Waals surface area (Å²) >= 11 is 6.42. The van der Waals surface area contributed by atoms with Gasteiger partial charge in [-0.1, -0.05) is 28.8 Å². The van der Waals surface area contributed by atoms with Crippen LogP contribution in [0, 0.1) is 12.3 Å². The van der Waals surface area contributed by atoms with Crippen LogP contribution in [0.1, 0.15) is 23.7 Å². The van der Waals surface area contributed by atoms with Crippen molar-refractivity contribution in [2.45, 2.75) is 19.4 Å². The number of nitrogens with one attached hydrogen (secondary N) is 2. The Morgan fingerprint density at radius 1 is 1.45 bits per heavy atom. The molecule has 0 spiro atoms. The highest BCUT2D eigenvalue weighted by Gasteiger charge is 2.17. The molecule has 0 radical (unpaired) electrons. The molecule has 0 aromatic heterocycles. The van der Waals surface area contributed by atoms with Crippen LogP contribution in [0.3, 0.4) is 0 Å². The topological polar surface area (TPSA) is 78.4 Å². The number of amides is 2. The molecular weight excluding hydrogens is 392 g/mol. The summed E-state index contributed by atoms with van der Waals surface area (Å²) in [5.74, 6) is 1.28. The number of terminal acetylenes is 1. The smallest absolute Gasteiger partial charge is 0.337 e. The largest absolute Gasteiger partial charge is 0.478 e. The van der Waals surface area contributed by atoms with Gasteiger partial charge >= 0.3 is 12.0 Å². The third kappa shape index (κ3) is 4.25. The van der Waals surface area contributed by atoms with E-state index < -0.39 is 18.0 Å². The third-order valence-electron chi connectivity index (χ3n) is 2.44. The average molecular weight is 404 g/mol. The van der Waals surface area contributed by atoms with Crippen LogP contribution in [0.15, 0.2) is 21.1 Å². The zero-order chi connectivity index (χ0) is 15.3. The first kappa shape index (κ1) is 16.5. The molecule has 0 fully saturated rings. The summed E-state index contributed by atoms with van der Waals surface area (Å²) in [6.45, 7) is 1.84. The number of urea groups is 1. The molecular formula is C13H12Br2N2O3. The van der Waals surface area contributed by atoms with E-state index in [1.54, 1.807) is 6.07 Å². The van der Waals surface area contributed by atoms with Crippen molar-refractivity contribution < 1.29 is 14.7 Å². The van der Waals surface area contributed by atoms with Crippen LogP contribution in [-0.4, -0.2) is 23.1 Å². The zero-order valence-corrected chi connectivity index (χ0v) is 13.7. The number of carbonyl (C=O) groups is 2. The average Bonchev–Trinajstić information content (AvgIpc) is 2.38. The van der Waals surface area contributed by atoms with E-state index in [1.165, 1.54) is 6.07 Å². The van der Waals surface area contributed by atoms with Crippen LogP contribution in [0.4, 0.5) is 10.5 Å². The van der Waals surface area contributed by atoms with Crippen molar-refractivity contribution >= 4 is 49.5 Å². The monoisotopic (exact) mass is 402 g/mol. The van der Waals surface area contributed by atoms with Gasteiger partial charge < -0.3 is 15.7 Å². The van der Waals surface area contributed by atoms with E-state index in [0.29, 0.717) is 15.4 Å². The lowest BCUT2D eigenvalue weighted by Crippen LogP contribution is -2.37. The summed E-state index contributed by atoms with van der Waals surface area (Å²) in [5.41, 5.74) is 0.139. The van der Waals surface area contributed by atoms with Crippen LogP contribution in [0.5, 0.6) is 0 Å². The van der Waals surface area contributed by atoms with Gasteiger partial charge in [0.15, 0.2) is 0 Å².